The Morgan fingerprint density at radius 1 is 1.00 bits per heavy atom. The lowest BCUT2D eigenvalue weighted by atomic mass is 10.0. The predicted octanol–water partition coefficient (Wildman–Crippen LogP) is 2.07. The molecule has 0 atom stereocenters. The van der Waals surface area contributed by atoms with E-state index in [9.17, 15) is 17.6 Å². The molecule has 0 saturated carbocycles. The Hall–Kier alpha value is -2.19. The molecule has 0 aliphatic carbocycles. The molecule has 1 fully saturated rings. The Kier molecular flexibility index (Phi) is 3.48. The van der Waals surface area contributed by atoms with Gasteiger partial charge in [0.05, 0.1) is 12.2 Å². The number of halogens is 4. The van der Waals surface area contributed by atoms with Crippen molar-refractivity contribution in [2.75, 3.05) is 18.0 Å². The van der Waals surface area contributed by atoms with Crippen molar-refractivity contribution in [3.8, 4) is 0 Å². The van der Waals surface area contributed by atoms with Crippen LogP contribution in [0.5, 0.6) is 0 Å². The van der Waals surface area contributed by atoms with Crippen molar-refractivity contribution in [3.63, 3.8) is 0 Å². The molecule has 5 nitrogen and oxygen atoms in total. The van der Waals surface area contributed by atoms with E-state index in [0.29, 0.717) is 12.8 Å². The zero-order chi connectivity index (χ0) is 15.0. The van der Waals surface area contributed by atoms with E-state index in [4.69, 9.17) is 0 Å². The minimum Gasteiger partial charge on any atom is -0.366 e. The SMILES string of the molecule is Fc1nc(F)c(F)c(N2CCC(n3ccnn3)CC2)c1F. The topological polar surface area (TPSA) is 46.8 Å². The number of hydrogen-bond donors (Lipinski definition) is 0. The van der Waals surface area contributed by atoms with Crippen LogP contribution in [-0.4, -0.2) is 33.1 Å². The maximum absolute atomic E-state index is 13.7. The van der Waals surface area contributed by atoms with Crippen molar-refractivity contribution >= 4 is 5.69 Å². The van der Waals surface area contributed by atoms with Gasteiger partial charge in [0.15, 0.2) is 0 Å². The summed E-state index contributed by atoms with van der Waals surface area (Å²) in [6, 6.07) is 0.0476. The maximum atomic E-state index is 13.7. The normalized spacial score (nSPS) is 16.5. The van der Waals surface area contributed by atoms with Crippen LogP contribution in [0.4, 0.5) is 23.2 Å². The molecule has 0 unspecified atom stereocenters. The summed E-state index contributed by atoms with van der Waals surface area (Å²) in [7, 11) is 0. The van der Waals surface area contributed by atoms with Gasteiger partial charge in [0.2, 0.25) is 11.6 Å². The second-order valence-corrected chi connectivity index (χ2v) is 4.77. The van der Waals surface area contributed by atoms with Crippen LogP contribution in [0.2, 0.25) is 0 Å². The highest BCUT2D eigenvalue weighted by Crippen LogP contribution is 2.31. The van der Waals surface area contributed by atoms with Gasteiger partial charge in [-0.25, -0.2) is 4.68 Å². The van der Waals surface area contributed by atoms with Gasteiger partial charge in [0.1, 0.15) is 5.69 Å². The first-order valence-electron chi connectivity index (χ1n) is 6.38. The monoisotopic (exact) mass is 301 g/mol. The van der Waals surface area contributed by atoms with Gasteiger partial charge in [-0.1, -0.05) is 5.21 Å². The summed E-state index contributed by atoms with van der Waals surface area (Å²) in [4.78, 5) is 3.84. The second-order valence-electron chi connectivity index (χ2n) is 4.77. The molecule has 1 aliphatic heterocycles. The van der Waals surface area contributed by atoms with Crippen LogP contribution in [0.25, 0.3) is 0 Å². The van der Waals surface area contributed by atoms with E-state index >= 15 is 0 Å². The van der Waals surface area contributed by atoms with Crippen LogP contribution >= 0.6 is 0 Å². The highest BCUT2D eigenvalue weighted by Gasteiger charge is 2.29. The first-order valence-corrected chi connectivity index (χ1v) is 6.38. The first kappa shape index (κ1) is 13.8. The number of nitrogens with zero attached hydrogens (tertiary/aromatic N) is 5. The largest absolute Gasteiger partial charge is 0.366 e. The van der Waals surface area contributed by atoms with Gasteiger partial charge in [-0.3, -0.25) is 0 Å². The van der Waals surface area contributed by atoms with E-state index in [1.165, 1.54) is 4.90 Å². The summed E-state index contributed by atoms with van der Waals surface area (Å²) >= 11 is 0. The third-order valence-corrected chi connectivity index (χ3v) is 3.57. The molecule has 2 aromatic rings. The van der Waals surface area contributed by atoms with Crippen molar-refractivity contribution in [1.82, 2.24) is 20.0 Å². The minimum atomic E-state index is -1.64. The van der Waals surface area contributed by atoms with Gasteiger partial charge in [0, 0.05) is 19.3 Å². The third kappa shape index (κ3) is 2.43. The molecule has 0 spiro atoms. The molecule has 9 heteroatoms. The number of aromatic nitrogens is 4. The second kappa shape index (κ2) is 5.30. The van der Waals surface area contributed by atoms with Crippen LogP contribution in [-0.2, 0) is 0 Å². The van der Waals surface area contributed by atoms with Crippen molar-refractivity contribution in [2.45, 2.75) is 18.9 Å². The fourth-order valence-corrected chi connectivity index (χ4v) is 2.52. The molecule has 1 saturated heterocycles. The van der Waals surface area contributed by atoms with Gasteiger partial charge in [-0.2, -0.15) is 22.5 Å². The molecular formula is C12H11F4N5. The Morgan fingerprint density at radius 3 is 2.14 bits per heavy atom. The molecule has 0 bridgehead atoms. The number of hydrogen-bond acceptors (Lipinski definition) is 4. The van der Waals surface area contributed by atoms with Gasteiger partial charge >= 0.3 is 0 Å². The van der Waals surface area contributed by atoms with Gasteiger partial charge in [-0.15, -0.1) is 5.10 Å². The molecule has 3 rings (SSSR count). The average molecular weight is 301 g/mol. The molecule has 3 heterocycles. The van der Waals surface area contributed by atoms with Crippen molar-refractivity contribution in [3.05, 3.63) is 35.9 Å². The van der Waals surface area contributed by atoms with E-state index < -0.39 is 29.2 Å². The molecule has 0 amide bonds. The van der Waals surface area contributed by atoms with Crippen molar-refractivity contribution in [1.29, 1.82) is 0 Å². The Morgan fingerprint density at radius 2 is 1.62 bits per heavy atom. The number of pyridine rings is 1. The fourth-order valence-electron chi connectivity index (χ4n) is 2.52. The smallest absolute Gasteiger partial charge is 0.253 e. The maximum Gasteiger partial charge on any atom is 0.253 e. The van der Waals surface area contributed by atoms with E-state index in [1.807, 2.05) is 0 Å². The molecule has 0 aromatic carbocycles. The summed E-state index contributed by atoms with van der Waals surface area (Å²) in [5.74, 6) is -6.20. The van der Waals surface area contributed by atoms with E-state index in [2.05, 4.69) is 15.3 Å². The lowest BCUT2D eigenvalue weighted by Crippen LogP contribution is -2.36. The lowest BCUT2D eigenvalue weighted by molar-refractivity contribution is 0.350. The highest BCUT2D eigenvalue weighted by molar-refractivity contribution is 5.48. The third-order valence-electron chi connectivity index (χ3n) is 3.57. The molecule has 21 heavy (non-hydrogen) atoms. The van der Waals surface area contributed by atoms with Crippen molar-refractivity contribution < 1.29 is 17.6 Å². The first-order chi connectivity index (χ1) is 10.1. The van der Waals surface area contributed by atoms with Crippen LogP contribution in [0, 0.1) is 23.5 Å². The van der Waals surface area contributed by atoms with Gasteiger partial charge < -0.3 is 4.90 Å². The Balaban J connectivity index is 1.81. The van der Waals surface area contributed by atoms with E-state index in [1.54, 1.807) is 17.1 Å². The number of anilines is 1. The van der Waals surface area contributed by atoms with Gasteiger partial charge in [0.25, 0.3) is 11.9 Å². The lowest BCUT2D eigenvalue weighted by Gasteiger charge is -2.33. The summed E-state index contributed by atoms with van der Waals surface area (Å²) < 4.78 is 55.3. The zero-order valence-electron chi connectivity index (χ0n) is 10.8. The molecule has 112 valence electrons. The molecule has 0 radical (unpaired) electrons. The quantitative estimate of drug-likeness (QED) is 0.629. The molecule has 1 aliphatic rings. The van der Waals surface area contributed by atoms with Crippen LogP contribution in [0.3, 0.4) is 0 Å². The summed E-state index contributed by atoms with van der Waals surface area (Å²) in [6.07, 6.45) is 4.31. The van der Waals surface area contributed by atoms with Gasteiger partial charge in [-0.05, 0) is 12.8 Å². The average Bonchev–Trinajstić information content (AvgIpc) is 3.00. The summed E-state index contributed by atoms with van der Waals surface area (Å²) in [5, 5.41) is 7.57. The molecular weight excluding hydrogens is 290 g/mol. The van der Waals surface area contributed by atoms with Crippen LogP contribution in [0.1, 0.15) is 18.9 Å². The number of piperidine rings is 1. The van der Waals surface area contributed by atoms with E-state index in [0.717, 1.165) is 0 Å². The fraction of sp³-hybridized carbons (Fsp3) is 0.417. The standard InChI is InChI=1S/C12H11F4N5/c13-8-10(9(14)12(16)18-11(8)15)20-4-1-7(2-5-20)21-6-3-17-19-21/h3,6-7H,1-2,4-5H2. The predicted molar refractivity (Wildman–Crippen MR) is 64.6 cm³/mol. The van der Waals surface area contributed by atoms with Crippen LogP contribution in [0.15, 0.2) is 12.4 Å². The summed E-state index contributed by atoms with van der Waals surface area (Å²) in [6.45, 7) is 0.503. The minimum absolute atomic E-state index is 0.0476. The molecule has 0 N–H and O–H groups in total. The summed E-state index contributed by atoms with van der Waals surface area (Å²) in [5.41, 5.74) is -0.697. The number of rotatable bonds is 2. The Bertz CT molecular complexity index is 611. The van der Waals surface area contributed by atoms with Crippen molar-refractivity contribution in [2.24, 2.45) is 0 Å². The molecule has 2 aromatic heterocycles. The van der Waals surface area contributed by atoms with Crippen LogP contribution < -0.4 is 4.90 Å². The van der Waals surface area contributed by atoms with E-state index in [-0.39, 0.29) is 19.1 Å². The zero-order valence-corrected chi connectivity index (χ0v) is 10.8. The highest BCUT2D eigenvalue weighted by atomic mass is 19.2. The Labute approximate surface area is 117 Å².